The molecule has 0 aliphatic rings. The van der Waals surface area contributed by atoms with E-state index in [1.54, 1.807) is 0 Å². The van der Waals surface area contributed by atoms with E-state index in [1.165, 1.54) is 16.8 Å². The Labute approximate surface area is 103 Å². The van der Waals surface area contributed by atoms with Crippen LogP contribution >= 0.6 is 0 Å². The van der Waals surface area contributed by atoms with Crippen LogP contribution in [-0.4, -0.2) is 16.3 Å². The lowest BCUT2D eigenvalue weighted by Gasteiger charge is -2.07. The van der Waals surface area contributed by atoms with Crippen molar-refractivity contribution in [2.75, 3.05) is 6.61 Å². The minimum Gasteiger partial charge on any atom is -0.396 e. The van der Waals surface area contributed by atoms with Gasteiger partial charge in [-0.05, 0) is 31.4 Å². The lowest BCUT2D eigenvalue weighted by atomic mass is 10.1. The van der Waals surface area contributed by atoms with Crippen LogP contribution in [0.1, 0.15) is 18.5 Å². The van der Waals surface area contributed by atoms with Crippen LogP contribution in [0, 0.1) is 6.92 Å². The van der Waals surface area contributed by atoms with Gasteiger partial charge < -0.3 is 9.67 Å². The van der Waals surface area contributed by atoms with Crippen molar-refractivity contribution < 1.29 is 5.11 Å². The summed E-state index contributed by atoms with van der Waals surface area (Å²) in [6.07, 6.45) is 4.04. The molecule has 0 unspecified atom stereocenters. The summed E-state index contributed by atoms with van der Waals surface area (Å²) >= 11 is 0. The van der Waals surface area contributed by atoms with Gasteiger partial charge in [0.1, 0.15) is 0 Å². The Bertz CT molecular complexity index is 459. The zero-order chi connectivity index (χ0) is 12.1. The number of benzene rings is 1. The number of unbranched alkanes of at least 4 members (excludes halogenated alkanes) is 1. The molecule has 0 spiro atoms. The van der Waals surface area contributed by atoms with Crippen LogP contribution in [0.5, 0.6) is 0 Å². The number of rotatable bonds is 5. The maximum atomic E-state index is 8.79. The lowest BCUT2D eigenvalue weighted by Crippen LogP contribution is -1.99. The first kappa shape index (κ1) is 11.9. The van der Waals surface area contributed by atoms with Gasteiger partial charge in [0, 0.05) is 30.6 Å². The summed E-state index contributed by atoms with van der Waals surface area (Å²) in [5.41, 5.74) is 3.87. The summed E-state index contributed by atoms with van der Waals surface area (Å²) in [6.45, 7) is 3.42. The Balaban J connectivity index is 2.15. The summed E-state index contributed by atoms with van der Waals surface area (Å²) in [4.78, 5) is 0. The van der Waals surface area contributed by atoms with Gasteiger partial charge in [-0.15, -0.1) is 0 Å². The molecule has 2 aromatic rings. The highest BCUT2D eigenvalue weighted by Gasteiger charge is 2.05. The zero-order valence-electron chi connectivity index (χ0n) is 10.3. The first-order chi connectivity index (χ1) is 8.33. The first-order valence-corrected chi connectivity index (χ1v) is 6.15. The minimum absolute atomic E-state index is 0.284. The third kappa shape index (κ3) is 2.77. The second-order valence-electron chi connectivity index (χ2n) is 4.30. The molecule has 17 heavy (non-hydrogen) atoms. The third-order valence-corrected chi connectivity index (χ3v) is 3.13. The van der Waals surface area contributed by atoms with E-state index >= 15 is 0 Å². The second kappa shape index (κ2) is 5.69. The van der Waals surface area contributed by atoms with Crippen molar-refractivity contribution in [2.45, 2.75) is 26.3 Å². The quantitative estimate of drug-likeness (QED) is 0.782. The average molecular weight is 229 g/mol. The Morgan fingerprint density at radius 1 is 1.06 bits per heavy atom. The number of hydrogen-bond acceptors (Lipinski definition) is 1. The van der Waals surface area contributed by atoms with Crippen LogP contribution in [0.3, 0.4) is 0 Å². The van der Waals surface area contributed by atoms with Gasteiger partial charge in [-0.1, -0.05) is 30.3 Å². The monoisotopic (exact) mass is 229 g/mol. The van der Waals surface area contributed by atoms with Crippen LogP contribution in [0.4, 0.5) is 0 Å². The van der Waals surface area contributed by atoms with Gasteiger partial charge >= 0.3 is 0 Å². The van der Waals surface area contributed by atoms with E-state index in [1.807, 2.05) is 6.07 Å². The Morgan fingerprint density at radius 3 is 2.53 bits per heavy atom. The second-order valence-corrected chi connectivity index (χ2v) is 4.30. The Kier molecular flexibility index (Phi) is 3.99. The molecule has 2 heteroatoms. The van der Waals surface area contributed by atoms with Gasteiger partial charge in [0.15, 0.2) is 0 Å². The minimum atomic E-state index is 0.284. The van der Waals surface area contributed by atoms with Crippen molar-refractivity contribution in [1.29, 1.82) is 0 Å². The van der Waals surface area contributed by atoms with Crippen molar-refractivity contribution in [3.63, 3.8) is 0 Å². The van der Waals surface area contributed by atoms with E-state index in [2.05, 4.69) is 48.0 Å². The molecular formula is C15H19NO. The van der Waals surface area contributed by atoms with Gasteiger partial charge in [0.2, 0.25) is 0 Å². The Hall–Kier alpha value is -1.54. The molecule has 0 amide bonds. The van der Waals surface area contributed by atoms with E-state index in [4.69, 9.17) is 5.11 Å². The van der Waals surface area contributed by atoms with Crippen molar-refractivity contribution in [1.82, 2.24) is 4.57 Å². The lowest BCUT2D eigenvalue weighted by molar-refractivity contribution is 0.281. The molecule has 0 bridgehead atoms. The number of aliphatic hydroxyl groups is 1. The molecule has 0 atom stereocenters. The molecule has 1 heterocycles. The van der Waals surface area contributed by atoms with Crippen molar-refractivity contribution in [2.24, 2.45) is 0 Å². The SMILES string of the molecule is Cc1c(-c2ccccc2)ccn1CCCCO. The summed E-state index contributed by atoms with van der Waals surface area (Å²) in [5, 5.41) is 8.79. The number of hydrogen-bond donors (Lipinski definition) is 1. The topological polar surface area (TPSA) is 25.2 Å². The molecular weight excluding hydrogens is 210 g/mol. The maximum Gasteiger partial charge on any atom is 0.0431 e. The summed E-state index contributed by atoms with van der Waals surface area (Å²) < 4.78 is 2.26. The highest BCUT2D eigenvalue weighted by atomic mass is 16.2. The van der Waals surface area contributed by atoms with Gasteiger partial charge in [0.05, 0.1) is 0 Å². The standard InChI is InChI=1S/C15H19NO/c1-13-15(14-7-3-2-4-8-14)9-11-16(13)10-5-6-12-17/h2-4,7-9,11,17H,5-6,10,12H2,1H3. The number of aryl methyl sites for hydroxylation is 1. The number of aromatic nitrogens is 1. The van der Waals surface area contributed by atoms with Gasteiger partial charge in [-0.3, -0.25) is 0 Å². The number of nitrogens with zero attached hydrogens (tertiary/aromatic N) is 1. The first-order valence-electron chi connectivity index (χ1n) is 6.15. The molecule has 0 aliphatic carbocycles. The summed E-state index contributed by atoms with van der Waals surface area (Å²) in [6, 6.07) is 12.6. The average Bonchev–Trinajstić information content (AvgIpc) is 2.73. The predicted octanol–water partition coefficient (Wildman–Crippen LogP) is 3.24. The van der Waals surface area contributed by atoms with E-state index < -0.39 is 0 Å². The fourth-order valence-corrected chi connectivity index (χ4v) is 2.11. The molecule has 1 N–H and O–H groups in total. The summed E-state index contributed by atoms with van der Waals surface area (Å²) in [7, 11) is 0. The van der Waals surface area contributed by atoms with Crippen molar-refractivity contribution in [3.05, 3.63) is 48.3 Å². The molecule has 0 fully saturated rings. The normalized spacial score (nSPS) is 10.7. The van der Waals surface area contributed by atoms with E-state index in [0.29, 0.717) is 0 Å². The van der Waals surface area contributed by atoms with Crippen LogP contribution in [0.25, 0.3) is 11.1 Å². The molecule has 1 aromatic heterocycles. The molecule has 0 radical (unpaired) electrons. The highest BCUT2D eigenvalue weighted by Crippen LogP contribution is 2.24. The Morgan fingerprint density at radius 2 is 1.82 bits per heavy atom. The predicted molar refractivity (Wildman–Crippen MR) is 70.9 cm³/mol. The smallest absolute Gasteiger partial charge is 0.0431 e. The van der Waals surface area contributed by atoms with E-state index in [-0.39, 0.29) is 6.61 Å². The molecule has 90 valence electrons. The molecule has 0 saturated heterocycles. The fourth-order valence-electron chi connectivity index (χ4n) is 2.11. The largest absolute Gasteiger partial charge is 0.396 e. The van der Waals surface area contributed by atoms with Crippen LogP contribution in [0.15, 0.2) is 42.6 Å². The third-order valence-electron chi connectivity index (χ3n) is 3.13. The number of aliphatic hydroxyl groups excluding tert-OH is 1. The zero-order valence-corrected chi connectivity index (χ0v) is 10.3. The van der Waals surface area contributed by atoms with Crippen molar-refractivity contribution >= 4 is 0 Å². The summed E-state index contributed by atoms with van der Waals surface area (Å²) in [5.74, 6) is 0. The van der Waals surface area contributed by atoms with Gasteiger partial charge in [-0.25, -0.2) is 0 Å². The molecule has 2 nitrogen and oxygen atoms in total. The van der Waals surface area contributed by atoms with E-state index in [9.17, 15) is 0 Å². The van der Waals surface area contributed by atoms with Crippen LogP contribution < -0.4 is 0 Å². The van der Waals surface area contributed by atoms with E-state index in [0.717, 1.165) is 19.4 Å². The van der Waals surface area contributed by atoms with Gasteiger partial charge in [-0.2, -0.15) is 0 Å². The van der Waals surface area contributed by atoms with Crippen molar-refractivity contribution in [3.8, 4) is 11.1 Å². The van der Waals surface area contributed by atoms with Crippen LogP contribution in [0.2, 0.25) is 0 Å². The van der Waals surface area contributed by atoms with Gasteiger partial charge in [0.25, 0.3) is 0 Å². The fraction of sp³-hybridized carbons (Fsp3) is 0.333. The molecule has 2 rings (SSSR count). The molecule has 0 saturated carbocycles. The molecule has 1 aromatic carbocycles. The maximum absolute atomic E-state index is 8.79. The molecule has 0 aliphatic heterocycles. The highest BCUT2D eigenvalue weighted by molar-refractivity contribution is 5.66. The van der Waals surface area contributed by atoms with Crippen LogP contribution in [-0.2, 0) is 6.54 Å².